The molecular weight excluding hydrogens is 699 g/mol. The quantitative estimate of drug-likeness (QED) is 0.146. The molecule has 0 atom stereocenters. The fourth-order valence-electron chi connectivity index (χ4n) is 7.97. The van der Waals surface area contributed by atoms with E-state index in [1.165, 1.54) is 30.9 Å². The number of nitrogens with zero attached hydrogens (tertiary/aromatic N) is 3. The van der Waals surface area contributed by atoms with Crippen LogP contribution in [0.5, 0.6) is 0 Å². The second-order valence-electron chi connectivity index (χ2n) is 13.9. The lowest BCUT2D eigenvalue weighted by atomic mass is 9.92. The lowest BCUT2D eigenvalue weighted by molar-refractivity contribution is 1.16. The maximum Gasteiger partial charge on any atom is 0.160 e. The first-order chi connectivity index (χ1) is 27.7. The van der Waals surface area contributed by atoms with Crippen molar-refractivity contribution in [2.75, 3.05) is 0 Å². The van der Waals surface area contributed by atoms with E-state index in [1.54, 1.807) is 0 Å². The van der Waals surface area contributed by atoms with Gasteiger partial charge >= 0.3 is 0 Å². The van der Waals surface area contributed by atoms with Crippen LogP contribution >= 0.6 is 11.3 Å². The molecule has 0 saturated carbocycles. The lowest BCUT2D eigenvalue weighted by Crippen LogP contribution is -2.04. The number of para-hydroxylation sites is 1. The van der Waals surface area contributed by atoms with Crippen molar-refractivity contribution in [2.45, 2.75) is 0 Å². The highest BCUT2D eigenvalue weighted by Gasteiger charge is 2.24. The van der Waals surface area contributed by atoms with Crippen molar-refractivity contribution in [3.05, 3.63) is 207 Å². The summed E-state index contributed by atoms with van der Waals surface area (Å²) in [7, 11) is 0. The molecule has 3 heterocycles. The standard InChI is InChI=1S/C52H35N3S/c1-3-18-34(4-2)41-29-38(52-53-45(36-21-10-6-11-22-36)33-46(54-52)37-23-12-7-13-24-37)30-42(35-19-8-5-9-20-35)51(41)55-47-27-16-14-25-39(47)43-32-50-44(31-48(43)55)40-26-15-17-28-49(40)56-50/h3-33H,1-2H2/b34-18+. The van der Waals surface area contributed by atoms with Gasteiger partial charge in [0.1, 0.15) is 0 Å². The number of aromatic nitrogens is 3. The summed E-state index contributed by atoms with van der Waals surface area (Å²) >= 11 is 1.85. The molecule has 3 nitrogen and oxygen atoms in total. The van der Waals surface area contributed by atoms with Crippen LogP contribution in [-0.4, -0.2) is 14.5 Å². The maximum absolute atomic E-state index is 5.27. The van der Waals surface area contributed by atoms with E-state index in [-0.39, 0.29) is 0 Å². The molecule has 56 heavy (non-hydrogen) atoms. The van der Waals surface area contributed by atoms with Gasteiger partial charge in [-0.15, -0.1) is 11.3 Å². The zero-order valence-corrected chi connectivity index (χ0v) is 31.4. The Labute approximate surface area is 329 Å². The molecule has 0 saturated heterocycles. The molecule has 0 aliphatic rings. The van der Waals surface area contributed by atoms with Gasteiger partial charge in [0.15, 0.2) is 5.82 Å². The van der Waals surface area contributed by atoms with Crippen molar-refractivity contribution in [3.63, 3.8) is 0 Å². The first-order valence-corrected chi connectivity index (χ1v) is 19.5. The number of allylic oxidation sites excluding steroid dienone is 4. The summed E-state index contributed by atoms with van der Waals surface area (Å²) in [4.78, 5) is 10.5. The summed E-state index contributed by atoms with van der Waals surface area (Å²) in [6.45, 7) is 8.45. The van der Waals surface area contributed by atoms with Crippen LogP contribution in [0.25, 0.3) is 98.3 Å². The van der Waals surface area contributed by atoms with Crippen molar-refractivity contribution < 1.29 is 0 Å². The van der Waals surface area contributed by atoms with E-state index in [2.05, 4.69) is 175 Å². The molecule has 10 aromatic rings. The Hall–Kier alpha value is -7.14. The first-order valence-electron chi connectivity index (χ1n) is 18.7. The lowest BCUT2D eigenvalue weighted by Gasteiger charge is -2.21. The van der Waals surface area contributed by atoms with E-state index in [0.29, 0.717) is 5.82 Å². The molecule has 0 fully saturated rings. The second kappa shape index (κ2) is 13.9. The van der Waals surface area contributed by atoms with Crippen molar-refractivity contribution in [2.24, 2.45) is 0 Å². The molecule has 3 aromatic heterocycles. The SMILES string of the molecule is C=C/C=C(\C=C)c1cc(-c2nc(-c3ccccc3)cc(-c3ccccc3)n2)cc(-c2ccccc2)c1-n1c2ccccc2c2cc3sc4ccccc4c3cc21. The van der Waals surface area contributed by atoms with Crippen LogP contribution in [0.4, 0.5) is 0 Å². The van der Waals surface area contributed by atoms with Crippen molar-refractivity contribution in [3.8, 4) is 50.7 Å². The summed E-state index contributed by atoms with van der Waals surface area (Å²) in [5.74, 6) is 0.644. The molecular formula is C52H35N3S. The van der Waals surface area contributed by atoms with Gasteiger partial charge in [-0.05, 0) is 53.6 Å². The number of thiophene rings is 1. The van der Waals surface area contributed by atoms with Gasteiger partial charge in [-0.25, -0.2) is 9.97 Å². The molecule has 0 unspecified atom stereocenters. The summed E-state index contributed by atoms with van der Waals surface area (Å²) < 4.78 is 5.02. The third-order valence-electron chi connectivity index (χ3n) is 10.5. The van der Waals surface area contributed by atoms with Crippen molar-refractivity contribution in [1.82, 2.24) is 14.5 Å². The first kappa shape index (κ1) is 33.4. The number of rotatable bonds is 8. The van der Waals surface area contributed by atoms with Crippen LogP contribution < -0.4 is 0 Å². The van der Waals surface area contributed by atoms with Crippen LogP contribution in [0.15, 0.2) is 201 Å². The van der Waals surface area contributed by atoms with Crippen LogP contribution in [0, 0.1) is 0 Å². The van der Waals surface area contributed by atoms with Gasteiger partial charge in [0.2, 0.25) is 0 Å². The summed E-state index contributed by atoms with van der Waals surface area (Å²) in [5.41, 5.74) is 12.1. The van der Waals surface area contributed by atoms with E-state index >= 15 is 0 Å². The van der Waals surface area contributed by atoms with Gasteiger partial charge in [0, 0.05) is 58.8 Å². The van der Waals surface area contributed by atoms with Crippen molar-refractivity contribution >= 4 is 58.9 Å². The fraction of sp³-hybridized carbons (Fsp3) is 0. The van der Waals surface area contributed by atoms with E-state index in [1.807, 2.05) is 41.7 Å². The van der Waals surface area contributed by atoms with E-state index in [0.717, 1.165) is 67.1 Å². The Bertz CT molecular complexity index is 3090. The third kappa shape index (κ3) is 5.67. The number of hydrogen-bond donors (Lipinski definition) is 0. The van der Waals surface area contributed by atoms with Crippen LogP contribution in [-0.2, 0) is 0 Å². The Morgan fingerprint density at radius 2 is 1.11 bits per heavy atom. The van der Waals surface area contributed by atoms with E-state index in [4.69, 9.17) is 9.97 Å². The van der Waals surface area contributed by atoms with Gasteiger partial charge in [-0.2, -0.15) is 0 Å². The van der Waals surface area contributed by atoms with Gasteiger partial charge in [-0.1, -0.05) is 159 Å². The molecule has 0 amide bonds. The molecule has 0 N–H and O–H groups in total. The predicted octanol–water partition coefficient (Wildman–Crippen LogP) is 14.4. The molecule has 0 aliphatic carbocycles. The van der Waals surface area contributed by atoms with Gasteiger partial charge in [0.25, 0.3) is 0 Å². The molecule has 7 aromatic carbocycles. The van der Waals surface area contributed by atoms with Crippen molar-refractivity contribution in [1.29, 1.82) is 0 Å². The minimum atomic E-state index is 0.644. The predicted molar refractivity (Wildman–Crippen MR) is 239 cm³/mol. The average Bonchev–Trinajstić information content (AvgIpc) is 3.79. The van der Waals surface area contributed by atoms with Gasteiger partial charge < -0.3 is 4.57 Å². The Morgan fingerprint density at radius 1 is 0.500 bits per heavy atom. The minimum absolute atomic E-state index is 0.644. The highest BCUT2D eigenvalue weighted by molar-refractivity contribution is 7.25. The molecule has 0 aliphatic heterocycles. The number of hydrogen-bond acceptors (Lipinski definition) is 3. The van der Waals surface area contributed by atoms with Crippen LogP contribution in [0.1, 0.15) is 5.56 Å². The molecule has 0 bridgehead atoms. The number of fused-ring (bicyclic) bond motifs is 6. The molecule has 10 rings (SSSR count). The Morgan fingerprint density at radius 3 is 1.77 bits per heavy atom. The second-order valence-corrected chi connectivity index (χ2v) is 14.9. The van der Waals surface area contributed by atoms with Gasteiger partial charge in [0.05, 0.1) is 28.1 Å². The summed E-state index contributed by atoms with van der Waals surface area (Å²) in [5, 5.41) is 4.95. The number of benzene rings is 7. The highest BCUT2D eigenvalue weighted by atomic mass is 32.1. The smallest absolute Gasteiger partial charge is 0.160 e. The minimum Gasteiger partial charge on any atom is -0.308 e. The third-order valence-corrected chi connectivity index (χ3v) is 11.7. The molecule has 0 radical (unpaired) electrons. The molecule has 264 valence electrons. The monoisotopic (exact) mass is 733 g/mol. The van der Waals surface area contributed by atoms with E-state index in [9.17, 15) is 0 Å². The fourth-order valence-corrected chi connectivity index (χ4v) is 9.10. The largest absolute Gasteiger partial charge is 0.308 e. The highest BCUT2D eigenvalue weighted by Crippen LogP contribution is 2.45. The summed E-state index contributed by atoms with van der Waals surface area (Å²) in [6, 6.07) is 60.1. The van der Waals surface area contributed by atoms with Crippen LogP contribution in [0.3, 0.4) is 0 Å². The average molecular weight is 734 g/mol. The molecule has 0 spiro atoms. The Kier molecular flexibility index (Phi) is 8.32. The maximum atomic E-state index is 5.27. The van der Waals surface area contributed by atoms with Gasteiger partial charge in [-0.3, -0.25) is 0 Å². The summed E-state index contributed by atoms with van der Waals surface area (Å²) in [6.07, 6.45) is 5.80. The van der Waals surface area contributed by atoms with E-state index < -0.39 is 0 Å². The zero-order valence-electron chi connectivity index (χ0n) is 30.6. The topological polar surface area (TPSA) is 30.7 Å². The van der Waals surface area contributed by atoms with Crippen LogP contribution in [0.2, 0.25) is 0 Å². The normalized spacial score (nSPS) is 11.8. The Balaban J connectivity index is 1.34. The zero-order chi connectivity index (χ0) is 37.6. The molecule has 4 heteroatoms.